The molecule has 2 atom stereocenters. The van der Waals surface area contributed by atoms with Crippen molar-refractivity contribution in [3.05, 3.63) is 84.2 Å². The number of carbonyl (C=O) groups is 1. The van der Waals surface area contributed by atoms with Gasteiger partial charge in [0.15, 0.2) is 5.78 Å². The molecule has 0 unspecified atom stereocenters. The predicted octanol–water partition coefficient (Wildman–Crippen LogP) is 3.52. The number of para-hydroxylation sites is 1. The molecule has 4 heteroatoms. The largest absolute Gasteiger partial charge is 0.313 e. The Morgan fingerprint density at radius 3 is 2.41 bits per heavy atom. The Labute approximate surface area is 130 Å². The van der Waals surface area contributed by atoms with Crippen LogP contribution >= 0.6 is 0 Å². The van der Waals surface area contributed by atoms with Gasteiger partial charge in [0.1, 0.15) is 5.25 Å². The monoisotopic (exact) mass is 307 g/mol. The molecule has 108 valence electrons. The van der Waals surface area contributed by atoms with E-state index in [2.05, 4.69) is 0 Å². The van der Waals surface area contributed by atoms with Crippen LogP contribution in [0.5, 0.6) is 0 Å². The zero-order valence-corrected chi connectivity index (χ0v) is 12.5. The van der Waals surface area contributed by atoms with Gasteiger partial charge in [0, 0.05) is 6.20 Å². The smallest absolute Gasteiger partial charge is 0.199 e. The van der Waals surface area contributed by atoms with Crippen LogP contribution < -0.4 is 0 Å². The van der Waals surface area contributed by atoms with Gasteiger partial charge >= 0.3 is 0 Å². The number of Topliss-reactive ketones (excluding diaryl/α,β-unsaturated/α-hetero) is 1. The summed E-state index contributed by atoms with van der Waals surface area (Å²) in [6.07, 6.45) is 1.84. The summed E-state index contributed by atoms with van der Waals surface area (Å²) in [5, 5.41) is -0.668. The van der Waals surface area contributed by atoms with Crippen molar-refractivity contribution in [1.29, 1.82) is 0 Å². The van der Waals surface area contributed by atoms with Gasteiger partial charge in [-0.3, -0.25) is 9.00 Å². The average molecular weight is 307 g/mol. The van der Waals surface area contributed by atoms with Crippen molar-refractivity contribution in [2.75, 3.05) is 0 Å². The molecule has 0 saturated heterocycles. The number of fused-ring (bicyclic) bond motifs is 3. The van der Waals surface area contributed by atoms with E-state index in [0.29, 0.717) is 10.6 Å². The number of benzene rings is 2. The third kappa shape index (κ3) is 1.88. The van der Waals surface area contributed by atoms with E-state index in [1.807, 2.05) is 71.4 Å². The summed E-state index contributed by atoms with van der Waals surface area (Å²) in [4.78, 5) is 13.7. The predicted molar refractivity (Wildman–Crippen MR) is 85.7 cm³/mol. The van der Waals surface area contributed by atoms with E-state index in [-0.39, 0.29) is 5.78 Å². The molecule has 0 spiro atoms. The second-order valence-corrected chi connectivity index (χ2v) is 6.69. The molecule has 3 nitrogen and oxygen atoms in total. The van der Waals surface area contributed by atoms with Gasteiger partial charge in [0.25, 0.3) is 0 Å². The van der Waals surface area contributed by atoms with Crippen LogP contribution in [-0.4, -0.2) is 14.6 Å². The van der Waals surface area contributed by atoms with Crippen molar-refractivity contribution in [3.8, 4) is 5.69 Å². The average Bonchev–Trinajstić information content (AvgIpc) is 3.02. The van der Waals surface area contributed by atoms with Gasteiger partial charge in [-0.05, 0) is 29.8 Å². The molecule has 0 amide bonds. The molecule has 1 aliphatic rings. The van der Waals surface area contributed by atoms with Gasteiger partial charge in [-0.1, -0.05) is 42.5 Å². The molecule has 1 aromatic heterocycles. The van der Waals surface area contributed by atoms with Gasteiger partial charge < -0.3 is 4.57 Å². The Hall–Kier alpha value is -2.46. The van der Waals surface area contributed by atoms with E-state index in [9.17, 15) is 9.00 Å². The third-order valence-corrected chi connectivity index (χ3v) is 5.59. The first-order valence-electron chi connectivity index (χ1n) is 7.04. The molecule has 0 aliphatic carbocycles. The molecule has 0 saturated carbocycles. The van der Waals surface area contributed by atoms with E-state index in [4.69, 9.17) is 0 Å². The van der Waals surface area contributed by atoms with Crippen LogP contribution in [0.3, 0.4) is 0 Å². The van der Waals surface area contributed by atoms with E-state index in [0.717, 1.165) is 11.3 Å². The third-order valence-electron chi connectivity index (χ3n) is 3.90. The SMILES string of the molecule is O=C1c2cccn2-c2ccccc2[S@](=O)[C@@H]1c1ccccc1. The lowest BCUT2D eigenvalue weighted by Crippen LogP contribution is -2.17. The molecule has 1 aliphatic heterocycles. The summed E-state index contributed by atoms with van der Waals surface area (Å²) in [5.41, 5.74) is 2.18. The topological polar surface area (TPSA) is 39.1 Å². The maximum absolute atomic E-state index is 13.1. The number of carbonyl (C=O) groups excluding carboxylic acids is 1. The summed E-state index contributed by atoms with van der Waals surface area (Å²) in [5.74, 6) is -0.106. The molecule has 0 fully saturated rings. The van der Waals surface area contributed by atoms with Gasteiger partial charge in [0.05, 0.1) is 27.1 Å². The molecular formula is C18H13NO2S. The highest BCUT2D eigenvalue weighted by atomic mass is 32.2. The standard InChI is InChI=1S/C18H13NO2S/c20-17-15-10-6-12-19(15)14-9-4-5-11-16(14)22(21)18(17)13-7-2-1-3-8-13/h1-12,18H/t18-,22+/m1/s1. The van der Waals surface area contributed by atoms with E-state index >= 15 is 0 Å². The molecule has 4 rings (SSSR count). The summed E-state index contributed by atoms with van der Waals surface area (Å²) in [6, 6.07) is 20.5. The first-order valence-corrected chi connectivity index (χ1v) is 8.25. The summed E-state index contributed by atoms with van der Waals surface area (Å²) in [6.45, 7) is 0. The first kappa shape index (κ1) is 13.2. The lowest BCUT2D eigenvalue weighted by atomic mass is 10.1. The minimum atomic E-state index is -1.43. The minimum absolute atomic E-state index is 0.106. The fraction of sp³-hybridized carbons (Fsp3) is 0.0556. The first-order chi connectivity index (χ1) is 10.8. The molecule has 3 aromatic rings. The maximum atomic E-state index is 13.1. The van der Waals surface area contributed by atoms with E-state index < -0.39 is 16.0 Å². The molecule has 2 aromatic carbocycles. The van der Waals surface area contributed by atoms with Gasteiger partial charge in [-0.2, -0.15) is 0 Å². The van der Waals surface area contributed by atoms with E-state index in [1.54, 1.807) is 6.07 Å². The number of ketones is 1. The van der Waals surface area contributed by atoms with Crippen molar-refractivity contribution in [2.45, 2.75) is 10.1 Å². The number of rotatable bonds is 1. The number of hydrogen-bond donors (Lipinski definition) is 0. The molecule has 0 radical (unpaired) electrons. The zero-order chi connectivity index (χ0) is 15.1. The highest BCUT2D eigenvalue weighted by Gasteiger charge is 2.35. The second-order valence-electron chi connectivity index (χ2n) is 5.18. The number of nitrogens with zero attached hydrogens (tertiary/aromatic N) is 1. The summed E-state index contributed by atoms with van der Waals surface area (Å²) < 4.78 is 14.9. The molecule has 0 N–H and O–H groups in total. The Morgan fingerprint density at radius 2 is 1.59 bits per heavy atom. The summed E-state index contributed by atoms with van der Waals surface area (Å²) >= 11 is 0. The van der Waals surface area contributed by atoms with Gasteiger partial charge in [-0.25, -0.2) is 0 Å². The number of hydrogen-bond acceptors (Lipinski definition) is 2. The van der Waals surface area contributed by atoms with Crippen LogP contribution in [0.25, 0.3) is 5.69 Å². The number of aromatic nitrogens is 1. The fourth-order valence-corrected chi connectivity index (χ4v) is 4.44. The van der Waals surface area contributed by atoms with Crippen molar-refractivity contribution in [3.63, 3.8) is 0 Å². The highest BCUT2D eigenvalue weighted by Crippen LogP contribution is 2.35. The van der Waals surface area contributed by atoms with Crippen molar-refractivity contribution in [2.24, 2.45) is 0 Å². The Balaban J connectivity index is 2.01. The van der Waals surface area contributed by atoms with E-state index in [1.165, 1.54) is 0 Å². The molecule has 0 bridgehead atoms. The van der Waals surface area contributed by atoms with Crippen LogP contribution in [0.15, 0.2) is 77.8 Å². The van der Waals surface area contributed by atoms with Crippen molar-refractivity contribution in [1.82, 2.24) is 4.57 Å². The fourth-order valence-electron chi connectivity index (χ4n) is 2.88. The van der Waals surface area contributed by atoms with Crippen molar-refractivity contribution >= 4 is 16.6 Å². The van der Waals surface area contributed by atoms with Crippen LogP contribution in [0.1, 0.15) is 21.3 Å². The Bertz CT molecular complexity index is 883. The lowest BCUT2D eigenvalue weighted by molar-refractivity contribution is 0.0982. The molecule has 2 heterocycles. The van der Waals surface area contributed by atoms with Crippen LogP contribution in [0.4, 0.5) is 0 Å². The Kier molecular flexibility index (Phi) is 3.05. The maximum Gasteiger partial charge on any atom is 0.199 e. The Morgan fingerprint density at radius 1 is 0.864 bits per heavy atom. The zero-order valence-electron chi connectivity index (χ0n) is 11.7. The van der Waals surface area contributed by atoms with Crippen LogP contribution in [0, 0.1) is 0 Å². The second kappa shape index (κ2) is 5.07. The lowest BCUT2D eigenvalue weighted by Gasteiger charge is -2.13. The molecular weight excluding hydrogens is 294 g/mol. The van der Waals surface area contributed by atoms with Crippen molar-refractivity contribution < 1.29 is 9.00 Å². The van der Waals surface area contributed by atoms with Gasteiger partial charge in [0.2, 0.25) is 0 Å². The minimum Gasteiger partial charge on any atom is -0.313 e. The van der Waals surface area contributed by atoms with Crippen LogP contribution in [-0.2, 0) is 10.8 Å². The van der Waals surface area contributed by atoms with Crippen LogP contribution in [0.2, 0.25) is 0 Å². The normalized spacial score (nSPS) is 20.1. The summed E-state index contributed by atoms with van der Waals surface area (Å²) in [7, 11) is -1.43. The highest BCUT2D eigenvalue weighted by molar-refractivity contribution is 7.86. The quantitative estimate of drug-likeness (QED) is 0.690. The molecule has 22 heavy (non-hydrogen) atoms. The van der Waals surface area contributed by atoms with Gasteiger partial charge in [-0.15, -0.1) is 0 Å².